The number of Topliss-reactive ketones (excluding diaryl/α,β-unsaturated/α-hetero) is 2. The van der Waals surface area contributed by atoms with Gasteiger partial charge in [0, 0.05) is 35.6 Å². The minimum Gasteiger partial charge on any atom is -0.507 e. The lowest BCUT2D eigenvalue weighted by atomic mass is 9.78. The largest absolute Gasteiger partial charge is 0.507 e. The molecule has 0 fully saturated rings. The second-order valence-electron chi connectivity index (χ2n) is 9.50. The summed E-state index contributed by atoms with van der Waals surface area (Å²) < 4.78 is 1.83. The molecule has 0 radical (unpaired) electrons. The van der Waals surface area contributed by atoms with Crippen LogP contribution < -0.4 is 0 Å². The van der Waals surface area contributed by atoms with E-state index in [1.807, 2.05) is 58.4 Å². The van der Waals surface area contributed by atoms with Crippen molar-refractivity contribution in [3.8, 4) is 11.2 Å². The van der Waals surface area contributed by atoms with E-state index in [0.717, 1.165) is 11.8 Å². The van der Waals surface area contributed by atoms with Gasteiger partial charge in [0.2, 0.25) is 0 Å². The minimum absolute atomic E-state index is 0.200. The van der Waals surface area contributed by atoms with E-state index in [4.69, 9.17) is 5.26 Å². The number of thiocyanates is 1. The molecule has 6 heteroatoms. The number of thioether (sulfide) groups is 1. The summed E-state index contributed by atoms with van der Waals surface area (Å²) in [5, 5.41) is 21.8. The molecule has 5 nitrogen and oxygen atoms in total. The van der Waals surface area contributed by atoms with Crippen molar-refractivity contribution >= 4 is 23.3 Å². The Labute approximate surface area is 183 Å². The number of aromatic nitrogens is 1. The number of phenols is 1. The molecule has 0 aliphatic carbocycles. The molecule has 0 spiro atoms. The van der Waals surface area contributed by atoms with E-state index in [9.17, 15) is 14.7 Å². The fourth-order valence-corrected chi connectivity index (χ4v) is 3.85. The van der Waals surface area contributed by atoms with Gasteiger partial charge in [-0.15, -0.1) is 0 Å². The van der Waals surface area contributed by atoms with E-state index in [1.165, 1.54) is 0 Å². The van der Waals surface area contributed by atoms with Gasteiger partial charge in [0.25, 0.3) is 0 Å². The number of aryl methyl sites for hydroxylation is 1. The van der Waals surface area contributed by atoms with Crippen molar-refractivity contribution in [3.05, 3.63) is 46.8 Å². The Morgan fingerprint density at radius 1 is 1.03 bits per heavy atom. The van der Waals surface area contributed by atoms with Crippen molar-refractivity contribution in [2.24, 2.45) is 0 Å². The Hall–Kier alpha value is -2.52. The van der Waals surface area contributed by atoms with Crippen LogP contribution in [0.15, 0.2) is 29.4 Å². The Bertz CT molecular complexity index is 980. The summed E-state index contributed by atoms with van der Waals surface area (Å²) in [6.45, 7) is 14.5. The molecule has 30 heavy (non-hydrogen) atoms. The van der Waals surface area contributed by atoms with E-state index in [-0.39, 0.29) is 34.6 Å². The van der Waals surface area contributed by atoms with Gasteiger partial charge >= 0.3 is 0 Å². The lowest BCUT2D eigenvalue weighted by Gasteiger charge is -2.28. The number of rotatable bonds is 6. The first-order valence-electron chi connectivity index (χ1n) is 9.99. The molecule has 160 valence electrons. The highest BCUT2D eigenvalue weighted by Gasteiger charge is 2.28. The van der Waals surface area contributed by atoms with Gasteiger partial charge in [0.15, 0.2) is 11.6 Å². The fourth-order valence-electron chi connectivity index (χ4n) is 3.29. The predicted molar refractivity (Wildman–Crippen MR) is 120 cm³/mol. The van der Waals surface area contributed by atoms with Crippen molar-refractivity contribution < 1.29 is 14.7 Å². The zero-order valence-corrected chi connectivity index (χ0v) is 19.6. The number of aromatic hydroxyl groups is 1. The van der Waals surface area contributed by atoms with Crippen molar-refractivity contribution in [3.63, 3.8) is 0 Å². The molecule has 1 aromatic heterocycles. The number of benzene rings is 1. The van der Waals surface area contributed by atoms with Gasteiger partial charge in [-0.05, 0) is 41.6 Å². The van der Waals surface area contributed by atoms with Gasteiger partial charge in [-0.25, -0.2) is 0 Å². The van der Waals surface area contributed by atoms with Crippen LogP contribution in [0.4, 0.5) is 0 Å². The van der Waals surface area contributed by atoms with Gasteiger partial charge < -0.3 is 9.67 Å². The topological polar surface area (TPSA) is 83.1 Å². The van der Waals surface area contributed by atoms with E-state index in [0.29, 0.717) is 33.7 Å². The van der Waals surface area contributed by atoms with Crippen LogP contribution >= 0.6 is 11.8 Å². The van der Waals surface area contributed by atoms with Crippen molar-refractivity contribution in [1.82, 2.24) is 4.57 Å². The van der Waals surface area contributed by atoms with Gasteiger partial charge in [-0.2, -0.15) is 5.26 Å². The van der Waals surface area contributed by atoms with E-state index in [2.05, 4.69) is 0 Å². The highest BCUT2D eigenvalue weighted by atomic mass is 32.2. The van der Waals surface area contributed by atoms with Crippen LogP contribution in [0, 0.1) is 10.7 Å². The Balaban J connectivity index is 2.46. The maximum absolute atomic E-state index is 13.1. The molecule has 0 unspecified atom stereocenters. The van der Waals surface area contributed by atoms with Gasteiger partial charge in [0.1, 0.15) is 11.2 Å². The standard InChI is InChI=1S/C24H30N2O3S/c1-8-26-12-16(21(13-26)30-14-25)20(28)11-19(27)15-9-17(23(2,3)4)22(29)18(10-15)24(5,6)7/h9-10,12-13,29H,8,11H2,1-7H3. The third-order valence-electron chi connectivity index (χ3n) is 5.03. The molecule has 0 amide bonds. The van der Waals surface area contributed by atoms with Crippen LogP contribution in [0.1, 0.15) is 86.7 Å². The SMILES string of the molecule is CCn1cc(SC#N)c(C(=O)CC(=O)c2cc(C(C)(C)C)c(O)c(C(C)(C)C)c2)c1. The van der Waals surface area contributed by atoms with Gasteiger partial charge in [-0.3, -0.25) is 9.59 Å². The van der Waals surface area contributed by atoms with Crippen molar-refractivity contribution in [2.75, 3.05) is 0 Å². The van der Waals surface area contributed by atoms with E-state index < -0.39 is 0 Å². The number of nitrogens with zero attached hydrogens (tertiary/aromatic N) is 2. The second-order valence-corrected chi connectivity index (χ2v) is 10.3. The second kappa shape index (κ2) is 8.69. The molecule has 0 saturated heterocycles. The average Bonchev–Trinajstić information content (AvgIpc) is 3.03. The number of carbonyl (C=O) groups excluding carboxylic acids is 2. The molecule has 2 rings (SSSR count). The van der Waals surface area contributed by atoms with Crippen LogP contribution in [0.5, 0.6) is 5.75 Å². The Kier molecular flexibility index (Phi) is 6.88. The maximum atomic E-state index is 13.1. The number of nitriles is 1. The van der Waals surface area contributed by atoms with Crippen molar-refractivity contribution in [2.45, 2.75) is 77.2 Å². The number of ketones is 2. The third-order valence-corrected chi connectivity index (χ3v) is 5.67. The highest BCUT2D eigenvalue weighted by molar-refractivity contribution is 8.03. The monoisotopic (exact) mass is 426 g/mol. The van der Waals surface area contributed by atoms with Crippen LogP contribution in [-0.4, -0.2) is 21.2 Å². The average molecular weight is 427 g/mol. The van der Waals surface area contributed by atoms with Crippen LogP contribution in [-0.2, 0) is 17.4 Å². The lowest BCUT2D eigenvalue weighted by molar-refractivity contribution is 0.0892. The quantitative estimate of drug-likeness (QED) is 0.272. The van der Waals surface area contributed by atoms with Crippen LogP contribution in [0.3, 0.4) is 0 Å². The molecule has 0 aliphatic heterocycles. The summed E-state index contributed by atoms with van der Waals surface area (Å²) >= 11 is 0.922. The number of carbonyl (C=O) groups is 2. The zero-order chi connectivity index (χ0) is 22.9. The number of hydrogen-bond donors (Lipinski definition) is 1. The first-order valence-corrected chi connectivity index (χ1v) is 10.8. The van der Waals surface area contributed by atoms with E-state index >= 15 is 0 Å². The van der Waals surface area contributed by atoms with E-state index in [1.54, 1.807) is 24.5 Å². The minimum atomic E-state index is -0.362. The summed E-state index contributed by atoms with van der Waals surface area (Å²) in [4.78, 5) is 26.5. The summed E-state index contributed by atoms with van der Waals surface area (Å²) in [7, 11) is 0. The lowest BCUT2D eigenvalue weighted by Crippen LogP contribution is -2.19. The summed E-state index contributed by atoms with van der Waals surface area (Å²) in [6.07, 6.45) is 3.15. The number of hydrogen-bond acceptors (Lipinski definition) is 5. The highest BCUT2D eigenvalue weighted by Crippen LogP contribution is 2.40. The first kappa shape index (κ1) is 23.8. The maximum Gasteiger partial charge on any atom is 0.173 e. The molecule has 1 heterocycles. The predicted octanol–water partition coefficient (Wildman–Crippen LogP) is 5.84. The summed E-state index contributed by atoms with van der Waals surface area (Å²) in [6, 6.07) is 3.39. The normalized spacial score (nSPS) is 11.9. The molecular formula is C24H30N2O3S. The van der Waals surface area contributed by atoms with Gasteiger partial charge in [-0.1, -0.05) is 41.5 Å². The molecule has 1 N–H and O–H groups in total. The fraction of sp³-hybridized carbons (Fsp3) is 0.458. The first-order chi connectivity index (χ1) is 13.8. The number of phenolic OH excluding ortho intramolecular Hbond substituents is 1. The molecule has 2 aromatic rings. The Morgan fingerprint density at radius 2 is 1.57 bits per heavy atom. The summed E-state index contributed by atoms with van der Waals surface area (Å²) in [5.41, 5.74) is 1.45. The Morgan fingerprint density at radius 3 is 2.00 bits per heavy atom. The zero-order valence-electron chi connectivity index (χ0n) is 18.8. The van der Waals surface area contributed by atoms with Crippen LogP contribution in [0.25, 0.3) is 0 Å². The molecule has 0 bridgehead atoms. The molecule has 0 atom stereocenters. The van der Waals surface area contributed by atoms with Gasteiger partial charge in [0.05, 0.1) is 16.9 Å². The molecule has 0 aliphatic rings. The molecule has 0 saturated carbocycles. The summed E-state index contributed by atoms with van der Waals surface area (Å²) in [5.74, 6) is -0.411. The smallest absolute Gasteiger partial charge is 0.173 e. The molecule has 1 aromatic carbocycles. The van der Waals surface area contributed by atoms with Crippen molar-refractivity contribution in [1.29, 1.82) is 5.26 Å². The van der Waals surface area contributed by atoms with Crippen LogP contribution in [0.2, 0.25) is 0 Å². The molecular weight excluding hydrogens is 396 g/mol. The third kappa shape index (κ3) is 5.14.